The van der Waals surface area contributed by atoms with Crippen LogP contribution in [0.3, 0.4) is 0 Å². The predicted molar refractivity (Wildman–Crippen MR) is 99.2 cm³/mol. The standard InChI is InChI=1S/C18H15IP.Cu/c19-20(16-10-4-1-5-11-16,17-12-6-2-7-13-17)18-14-8-3-9-15-18;/h1-15H;. The molecular formula is C18H15CuIP. The molecule has 0 spiro atoms. The first-order chi connectivity index (χ1) is 9.82. The first-order valence-corrected chi connectivity index (χ1v) is 11.1. The average Bonchev–Trinajstić information content (AvgIpc) is 2.56. The minimum absolute atomic E-state index is 0. The third kappa shape index (κ3) is 3.40. The van der Waals surface area contributed by atoms with E-state index in [9.17, 15) is 0 Å². The molecule has 21 heavy (non-hydrogen) atoms. The Hall–Kier alpha value is -0.661. The van der Waals surface area contributed by atoms with E-state index in [-0.39, 0.29) is 17.1 Å². The summed E-state index contributed by atoms with van der Waals surface area (Å²) >= 11 is 2.68. The zero-order valence-corrected chi connectivity index (χ0v) is 15.3. The summed E-state index contributed by atoms with van der Waals surface area (Å²) in [4.78, 5) is -1.56. The second-order valence-electron chi connectivity index (χ2n) is 4.60. The van der Waals surface area contributed by atoms with Crippen molar-refractivity contribution in [2.75, 3.05) is 0 Å². The van der Waals surface area contributed by atoms with Crippen LogP contribution in [0.1, 0.15) is 0 Å². The molecule has 0 fully saturated rings. The van der Waals surface area contributed by atoms with Crippen molar-refractivity contribution >= 4 is 42.9 Å². The van der Waals surface area contributed by atoms with Gasteiger partial charge in [0.15, 0.2) is 0 Å². The summed E-state index contributed by atoms with van der Waals surface area (Å²) in [7, 11) is 0. The van der Waals surface area contributed by atoms with Gasteiger partial charge in [-0.25, -0.2) is 0 Å². The number of hydrogen-bond donors (Lipinski definition) is 0. The monoisotopic (exact) mass is 452 g/mol. The molecule has 0 aromatic heterocycles. The molecular weight excluding hydrogens is 438 g/mol. The minimum Gasteiger partial charge on any atom is -0.0622 e. The Balaban J connectivity index is 0.00000161. The fourth-order valence-electron chi connectivity index (χ4n) is 2.35. The van der Waals surface area contributed by atoms with Gasteiger partial charge in [0.1, 0.15) is 0 Å². The van der Waals surface area contributed by atoms with Crippen molar-refractivity contribution in [2.24, 2.45) is 0 Å². The number of rotatable bonds is 3. The molecule has 0 saturated carbocycles. The van der Waals surface area contributed by atoms with Crippen molar-refractivity contribution < 1.29 is 17.1 Å². The molecule has 0 heterocycles. The second-order valence-corrected chi connectivity index (χ2v) is 11.7. The number of hydrogen-bond acceptors (Lipinski definition) is 0. The molecule has 0 bridgehead atoms. The van der Waals surface area contributed by atoms with Crippen LogP contribution < -0.4 is 15.9 Å². The van der Waals surface area contributed by atoms with Crippen molar-refractivity contribution in [3.63, 3.8) is 0 Å². The van der Waals surface area contributed by atoms with Crippen molar-refractivity contribution in [3.05, 3.63) is 91.0 Å². The van der Waals surface area contributed by atoms with Gasteiger partial charge in [-0.05, 0) is 38.0 Å². The molecule has 0 atom stereocenters. The fraction of sp³-hybridized carbons (Fsp3) is 0. The zero-order chi connectivity index (χ0) is 13.8. The van der Waals surface area contributed by atoms with Crippen LogP contribution in [-0.2, 0) is 17.1 Å². The number of benzene rings is 3. The van der Waals surface area contributed by atoms with Gasteiger partial charge in [-0.3, -0.25) is 0 Å². The minimum atomic E-state index is -1.56. The average molecular weight is 453 g/mol. The van der Waals surface area contributed by atoms with Crippen molar-refractivity contribution in [3.8, 4) is 0 Å². The van der Waals surface area contributed by atoms with Gasteiger partial charge in [0.25, 0.3) is 0 Å². The summed E-state index contributed by atoms with van der Waals surface area (Å²) in [5.74, 6) is 0. The van der Waals surface area contributed by atoms with E-state index < -0.39 is 4.90 Å². The molecule has 0 unspecified atom stereocenters. The summed E-state index contributed by atoms with van der Waals surface area (Å²) in [6, 6.07) is 32.6. The summed E-state index contributed by atoms with van der Waals surface area (Å²) in [5, 5.41) is 4.24. The van der Waals surface area contributed by atoms with Gasteiger partial charge >= 0.3 is 0 Å². The Bertz CT molecular complexity index is 575. The van der Waals surface area contributed by atoms with Gasteiger partial charge in [0.05, 0.1) is 0 Å². The van der Waals surface area contributed by atoms with E-state index in [0.717, 1.165) is 0 Å². The smallest absolute Gasteiger partial charge is 0.0142 e. The summed E-state index contributed by atoms with van der Waals surface area (Å²) in [5.41, 5.74) is 0. The zero-order valence-electron chi connectivity index (χ0n) is 11.3. The van der Waals surface area contributed by atoms with E-state index in [0.29, 0.717) is 0 Å². The van der Waals surface area contributed by atoms with Crippen LogP contribution in [0, 0.1) is 0 Å². The Morgan fingerprint density at radius 2 is 0.714 bits per heavy atom. The van der Waals surface area contributed by atoms with E-state index in [4.69, 9.17) is 0 Å². The van der Waals surface area contributed by atoms with Crippen molar-refractivity contribution in [2.45, 2.75) is 0 Å². The van der Waals surface area contributed by atoms with Crippen LogP contribution in [0.25, 0.3) is 0 Å². The van der Waals surface area contributed by atoms with Crippen LogP contribution in [0.15, 0.2) is 91.0 Å². The SMILES string of the molecule is I[P](c1ccccc1)(c1ccccc1)c1ccccc1.[Cu]. The van der Waals surface area contributed by atoms with E-state index in [1.807, 2.05) is 0 Å². The molecule has 0 aliphatic heterocycles. The topological polar surface area (TPSA) is 0 Å². The molecule has 0 aliphatic carbocycles. The van der Waals surface area contributed by atoms with Crippen LogP contribution >= 0.6 is 26.9 Å². The molecule has 3 aromatic carbocycles. The Labute approximate surface area is 150 Å². The van der Waals surface area contributed by atoms with Crippen LogP contribution in [0.5, 0.6) is 0 Å². The first kappa shape index (κ1) is 16.7. The van der Waals surface area contributed by atoms with E-state index >= 15 is 0 Å². The molecule has 0 N–H and O–H groups in total. The van der Waals surface area contributed by atoms with Crippen LogP contribution in [0.2, 0.25) is 0 Å². The molecule has 0 aliphatic rings. The van der Waals surface area contributed by atoms with Crippen molar-refractivity contribution in [1.82, 2.24) is 0 Å². The van der Waals surface area contributed by atoms with Gasteiger partial charge in [-0.2, -0.15) is 0 Å². The maximum Gasteiger partial charge on any atom is 0.0142 e. The predicted octanol–water partition coefficient (Wildman–Crippen LogP) is 4.33. The van der Waals surface area contributed by atoms with Crippen LogP contribution in [-0.4, -0.2) is 0 Å². The fourth-order valence-corrected chi connectivity index (χ4v) is 7.89. The third-order valence-corrected chi connectivity index (χ3v) is 11.4. The van der Waals surface area contributed by atoms with E-state index in [2.05, 4.69) is 113 Å². The normalized spacial score (nSPS) is 10.7. The molecule has 0 nitrogen and oxygen atoms in total. The van der Waals surface area contributed by atoms with E-state index in [1.165, 1.54) is 15.9 Å². The van der Waals surface area contributed by atoms with Gasteiger partial charge in [0.2, 0.25) is 0 Å². The maximum absolute atomic E-state index is 2.68. The molecule has 0 saturated heterocycles. The molecule has 3 heteroatoms. The van der Waals surface area contributed by atoms with Gasteiger partial charge in [-0.1, -0.05) is 91.0 Å². The Kier molecular flexibility index (Phi) is 6.01. The first-order valence-electron chi connectivity index (χ1n) is 6.57. The number of halogens is 1. The molecule has 110 valence electrons. The molecule has 0 amide bonds. The maximum atomic E-state index is 2.68. The van der Waals surface area contributed by atoms with Crippen molar-refractivity contribution in [1.29, 1.82) is 0 Å². The summed E-state index contributed by atoms with van der Waals surface area (Å²) < 4.78 is 0. The second kappa shape index (κ2) is 7.56. The quantitative estimate of drug-likeness (QED) is 0.315. The summed E-state index contributed by atoms with van der Waals surface area (Å²) in [6.07, 6.45) is 0. The Morgan fingerprint density at radius 1 is 0.476 bits per heavy atom. The molecule has 3 aromatic rings. The third-order valence-electron chi connectivity index (χ3n) is 3.34. The van der Waals surface area contributed by atoms with Gasteiger partial charge < -0.3 is 0 Å². The molecule has 2 radical (unpaired) electrons. The van der Waals surface area contributed by atoms with Gasteiger partial charge in [-0.15, -0.1) is 0 Å². The summed E-state index contributed by atoms with van der Waals surface area (Å²) in [6.45, 7) is 0. The van der Waals surface area contributed by atoms with Crippen LogP contribution in [0.4, 0.5) is 0 Å². The Morgan fingerprint density at radius 3 is 0.952 bits per heavy atom. The molecule has 3 rings (SSSR count). The van der Waals surface area contributed by atoms with Gasteiger partial charge in [0, 0.05) is 22.0 Å². The largest absolute Gasteiger partial charge is 0.0622 e. The van der Waals surface area contributed by atoms with E-state index in [1.54, 1.807) is 0 Å².